The maximum atomic E-state index is 12.9. The van der Waals surface area contributed by atoms with Crippen LogP contribution in [0.3, 0.4) is 0 Å². The Hall–Kier alpha value is -1.03. The molecule has 0 aliphatic carbocycles. The average Bonchev–Trinajstić information content (AvgIpc) is 2.67. The van der Waals surface area contributed by atoms with E-state index < -0.39 is 41.6 Å². The molecule has 2 fully saturated rings. The topological polar surface area (TPSA) is 106 Å². The Bertz CT molecular complexity index is 596. The summed E-state index contributed by atoms with van der Waals surface area (Å²) < 4.78 is 22.8. The van der Waals surface area contributed by atoms with Gasteiger partial charge in [-0.05, 0) is 13.8 Å². The third kappa shape index (κ3) is 4.68. The molecule has 0 saturated carbocycles. The summed E-state index contributed by atoms with van der Waals surface area (Å²) in [5.74, 6) is -2.14. The number of hydrogen-bond acceptors (Lipinski definition) is 7. The molecule has 2 aliphatic heterocycles. The number of nitrogens with one attached hydrogen (secondary N) is 1. The van der Waals surface area contributed by atoms with Gasteiger partial charge in [-0.1, -0.05) is 32.9 Å². The number of carbonyl (C=O) groups is 1. The molecule has 0 aromatic carbocycles. The Morgan fingerprint density at radius 3 is 2.41 bits per heavy atom. The summed E-state index contributed by atoms with van der Waals surface area (Å²) in [4.78, 5) is 12.9. The van der Waals surface area contributed by atoms with Crippen molar-refractivity contribution in [3.05, 3.63) is 12.2 Å². The second kappa shape index (κ2) is 8.99. The van der Waals surface area contributed by atoms with Crippen LogP contribution in [-0.2, 0) is 23.7 Å². The third-order valence-electron chi connectivity index (χ3n) is 6.83. The first kappa shape index (κ1) is 24.2. The predicted octanol–water partition coefficient (Wildman–Crippen LogP) is 1.34. The van der Waals surface area contributed by atoms with Gasteiger partial charge in [0.25, 0.3) is 5.91 Å². The molecule has 1 amide bonds. The maximum Gasteiger partial charge on any atom is 0.256 e. The van der Waals surface area contributed by atoms with Crippen molar-refractivity contribution in [3.8, 4) is 0 Å². The van der Waals surface area contributed by atoms with E-state index >= 15 is 0 Å². The molecule has 2 aliphatic rings. The van der Waals surface area contributed by atoms with Gasteiger partial charge in [-0.25, -0.2) is 0 Å². The molecule has 0 aromatic heterocycles. The van der Waals surface area contributed by atoms with Crippen molar-refractivity contribution in [2.24, 2.45) is 11.3 Å². The number of carbonyl (C=O) groups excluding carboxylic acids is 1. The normalized spacial score (nSPS) is 39.6. The highest BCUT2D eigenvalue weighted by Gasteiger charge is 2.51. The zero-order valence-corrected chi connectivity index (χ0v) is 18.6. The third-order valence-corrected chi connectivity index (χ3v) is 6.83. The van der Waals surface area contributed by atoms with E-state index in [-0.39, 0.29) is 24.5 Å². The minimum Gasteiger partial charge on any atom is -0.392 e. The van der Waals surface area contributed by atoms with Gasteiger partial charge >= 0.3 is 0 Å². The summed E-state index contributed by atoms with van der Waals surface area (Å²) in [7, 11) is 2.83. The maximum absolute atomic E-state index is 12.9. The predicted molar refractivity (Wildman–Crippen MR) is 107 cm³/mol. The molecule has 0 spiro atoms. The molecule has 8 atom stereocenters. The van der Waals surface area contributed by atoms with E-state index in [1.165, 1.54) is 14.2 Å². The smallest absolute Gasteiger partial charge is 0.256 e. The highest BCUT2D eigenvalue weighted by atomic mass is 16.7. The van der Waals surface area contributed by atoms with Crippen molar-refractivity contribution in [2.75, 3.05) is 14.2 Å². The molecule has 0 unspecified atom stereocenters. The second-order valence-electron chi connectivity index (χ2n) is 8.92. The molecular formula is C21H37NO7. The Labute approximate surface area is 173 Å². The zero-order chi connectivity index (χ0) is 22.1. The number of amides is 1. The minimum absolute atomic E-state index is 0.0854. The van der Waals surface area contributed by atoms with Crippen molar-refractivity contribution in [1.82, 2.24) is 5.32 Å². The summed E-state index contributed by atoms with van der Waals surface area (Å²) >= 11 is 0. The molecular weight excluding hydrogens is 378 g/mol. The SMILES string of the molecule is C=C1C[C@](OC)([C@H](O)C(=O)N[C@@H](OC)[C@@H]2C[C@@H](O)C(C)(C)[C@@H](C)O2)O[C@H](C)[C@@H]1C. The highest BCUT2D eigenvalue weighted by Crippen LogP contribution is 2.39. The van der Waals surface area contributed by atoms with Gasteiger partial charge in [-0.15, -0.1) is 0 Å². The highest BCUT2D eigenvalue weighted by molar-refractivity contribution is 5.82. The summed E-state index contributed by atoms with van der Waals surface area (Å²) in [6.45, 7) is 13.6. The molecule has 2 saturated heterocycles. The molecule has 0 radical (unpaired) electrons. The Morgan fingerprint density at radius 2 is 1.93 bits per heavy atom. The monoisotopic (exact) mass is 415 g/mol. The van der Waals surface area contributed by atoms with Crippen LogP contribution in [0.15, 0.2) is 12.2 Å². The molecule has 29 heavy (non-hydrogen) atoms. The lowest BCUT2D eigenvalue weighted by atomic mass is 9.76. The fraction of sp³-hybridized carbons (Fsp3) is 0.857. The van der Waals surface area contributed by atoms with Crippen molar-refractivity contribution >= 4 is 5.91 Å². The summed E-state index contributed by atoms with van der Waals surface area (Å²) in [6.07, 6.45) is -3.64. The van der Waals surface area contributed by atoms with Crippen LogP contribution in [-0.4, -0.2) is 72.9 Å². The lowest BCUT2D eigenvalue weighted by Gasteiger charge is -2.47. The first-order chi connectivity index (χ1) is 13.4. The summed E-state index contributed by atoms with van der Waals surface area (Å²) in [5.41, 5.74) is 0.428. The Kier molecular flexibility index (Phi) is 7.52. The minimum atomic E-state index is -1.60. The van der Waals surface area contributed by atoms with Gasteiger partial charge in [-0.2, -0.15) is 0 Å². The van der Waals surface area contributed by atoms with E-state index in [4.69, 9.17) is 18.9 Å². The molecule has 8 heteroatoms. The van der Waals surface area contributed by atoms with E-state index in [9.17, 15) is 15.0 Å². The standard InChI is InChI=1S/C21H37NO7/c1-11-10-21(27-8,29-13(3)12(11)2)17(24)18(25)22-19(26-7)15-9-16(23)20(5,6)14(4)28-15/h12-17,19,23-24H,1,9-10H2,2-8H3,(H,22,25)/t12-,13-,14-,15+,16-,17-,19+,21-/m1/s1. The molecule has 2 rings (SSSR count). The molecule has 2 heterocycles. The van der Waals surface area contributed by atoms with E-state index in [1.54, 1.807) is 0 Å². The molecule has 8 nitrogen and oxygen atoms in total. The Morgan fingerprint density at radius 1 is 1.31 bits per heavy atom. The number of aliphatic hydroxyl groups excluding tert-OH is 2. The van der Waals surface area contributed by atoms with Crippen molar-refractivity contribution in [3.63, 3.8) is 0 Å². The van der Waals surface area contributed by atoms with E-state index in [1.807, 2.05) is 34.6 Å². The number of ether oxygens (including phenoxy) is 4. The lowest BCUT2D eigenvalue weighted by molar-refractivity contribution is -0.298. The average molecular weight is 416 g/mol. The molecule has 3 N–H and O–H groups in total. The van der Waals surface area contributed by atoms with Crippen LogP contribution in [0.5, 0.6) is 0 Å². The van der Waals surface area contributed by atoms with Gasteiger partial charge in [0.15, 0.2) is 12.3 Å². The van der Waals surface area contributed by atoms with Crippen LogP contribution in [0.1, 0.15) is 47.5 Å². The van der Waals surface area contributed by atoms with Gasteiger partial charge in [0.1, 0.15) is 6.10 Å². The largest absolute Gasteiger partial charge is 0.392 e. The quantitative estimate of drug-likeness (QED) is 0.444. The lowest BCUT2D eigenvalue weighted by Crippen LogP contribution is -2.62. The summed E-state index contributed by atoms with van der Waals surface area (Å²) in [6, 6.07) is 0. The van der Waals surface area contributed by atoms with Gasteiger partial charge < -0.3 is 34.5 Å². The first-order valence-electron chi connectivity index (χ1n) is 10.1. The van der Waals surface area contributed by atoms with Crippen LogP contribution in [0.25, 0.3) is 0 Å². The van der Waals surface area contributed by atoms with Crippen LogP contribution in [0.2, 0.25) is 0 Å². The molecule has 168 valence electrons. The second-order valence-corrected chi connectivity index (χ2v) is 8.92. The molecule has 0 bridgehead atoms. The van der Waals surface area contributed by atoms with Crippen LogP contribution in [0.4, 0.5) is 0 Å². The number of rotatable bonds is 6. The van der Waals surface area contributed by atoms with Crippen molar-refractivity contribution < 1.29 is 34.0 Å². The zero-order valence-electron chi connectivity index (χ0n) is 18.6. The van der Waals surface area contributed by atoms with Crippen molar-refractivity contribution in [1.29, 1.82) is 0 Å². The number of aliphatic hydroxyl groups is 2. The number of methoxy groups -OCH3 is 2. The van der Waals surface area contributed by atoms with Crippen molar-refractivity contribution in [2.45, 2.75) is 90.0 Å². The van der Waals surface area contributed by atoms with Crippen LogP contribution in [0, 0.1) is 11.3 Å². The summed E-state index contributed by atoms with van der Waals surface area (Å²) in [5, 5.41) is 23.9. The number of hydrogen-bond donors (Lipinski definition) is 3. The first-order valence-corrected chi connectivity index (χ1v) is 10.1. The Balaban J connectivity index is 2.11. The van der Waals surface area contributed by atoms with Gasteiger partial charge in [0, 0.05) is 38.4 Å². The fourth-order valence-electron chi connectivity index (χ4n) is 3.87. The van der Waals surface area contributed by atoms with Gasteiger partial charge in [0.2, 0.25) is 5.79 Å². The van der Waals surface area contributed by atoms with Crippen LogP contribution >= 0.6 is 0 Å². The molecule has 0 aromatic rings. The van der Waals surface area contributed by atoms with E-state index in [0.717, 1.165) is 5.57 Å². The van der Waals surface area contributed by atoms with Gasteiger partial charge in [-0.3, -0.25) is 4.79 Å². The van der Waals surface area contributed by atoms with Gasteiger partial charge in [0.05, 0.1) is 18.3 Å². The van der Waals surface area contributed by atoms with E-state index in [2.05, 4.69) is 11.9 Å². The van der Waals surface area contributed by atoms with E-state index in [0.29, 0.717) is 6.42 Å². The fourth-order valence-corrected chi connectivity index (χ4v) is 3.87. The van der Waals surface area contributed by atoms with Crippen LogP contribution < -0.4 is 5.32 Å².